The highest BCUT2D eigenvalue weighted by atomic mass is 35.5. The monoisotopic (exact) mass is 624 g/mol. The predicted molar refractivity (Wildman–Crippen MR) is 168 cm³/mol. The average molecular weight is 625 g/mol. The molecule has 13 heteroatoms. The van der Waals surface area contributed by atoms with Crippen molar-refractivity contribution in [2.75, 3.05) is 50.0 Å². The van der Waals surface area contributed by atoms with Gasteiger partial charge in [-0.15, -0.1) is 0 Å². The minimum atomic E-state index is -0.844. The van der Waals surface area contributed by atoms with E-state index >= 15 is 4.39 Å². The number of H-pyrrole nitrogens is 1. The summed E-state index contributed by atoms with van der Waals surface area (Å²) in [6.07, 6.45) is 0.959. The fourth-order valence-electron chi connectivity index (χ4n) is 6.34. The Morgan fingerprint density at radius 2 is 2.02 bits per heavy atom. The number of aromatic nitrogens is 4. The molecule has 0 spiro atoms. The Kier molecular flexibility index (Phi) is 8.06. The topological polar surface area (TPSA) is 116 Å². The molecule has 3 atom stereocenters. The van der Waals surface area contributed by atoms with Gasteiger partial charge in [0.15, 0.2) is 11.6 Å². The zero-order valence-corrected chi connectivity index (χ0v) is 25.7. The summed E-state index contributed by atoms with van der Waals surface area (Å²) in [5.41, 5.74) is 8.33. The third kappa shape index (κ3) is 5.30. The van der Waals surface area contributed by atoms with Crippen LogP contribution in [0.2, 0.25) is 5.02 Å². The smallest absolute Gasteiger partial charge is 0.319 e. The second-order valence-electron chi connectivity index (χ2n) is 11.6. The number of hydrogen-bond donors (Lipinski definition) is 2. The van der Waals surface area contributed by atoms with Crippen molar-refractivity contribution in [1.82, 2.24) is 30.0 Å². The van der Waals surface area contributed by atoms with Gasteiger partial charge >= 0.3 is 6.01 Å². The van der Waals surface area contributed by atoms with Crippen molar-refractivity contribution in [2.24, 2.45) is 0 Å². The van der Waals surface area contributed by atoms with Crippen LogP contribution in [0.3, 0.4) is 0 Å². The van der Waals surface area contributed by atoms with Gasteiger partial charge in [0.05, 0.1) is 15.9 Å². The summed E-state index contributed by atoms with van der Waals surface area (Å²) >= 11 is 6.89. The van der Waals surface area contributed by atoms with Crippen molar-refractivity contribution < 1.29 is 18.3 Å². The number of benzene rings is 2. The third-order valence-corrected chi connectivity index (χ3v) is 8.93. The number of anilines is 2. The molecule has 2 aromatic heterocycles. The van der Waals surface area contributed by atoms with Gasteiger partial charge in [-0.3, -0.25) is 14.8 Å². The van der Waals surface area contributed by atoms with Gasteiger partial charge in [-0.05, 0) is 51.0 Å². The Balaban J connectivity index is 1.47. The summed E-state index contributed by atoms with van der Waals surface area (Å²) in [6, 6.07) is 5.02. The van der Waals surface area contributed by atoms with E-state index in [1.807, 2.05) is 42.7 Å². The fraction of sp³-hybridized carbons (Fsp3) is 0.419. The molecule has 1 amide bonds. The van der Waals surface area contributed by atoms with Crippen LogP contribution in [-0.4, -0.2) is 93.5 Å². The minimum Gasteiger partial charge on any atom is -0.462 e. The maximum atomic E-state index is 16.9. The second kappa shape index (κ2) is 11.8. The lowest BCUT2D eigenvalue weighted by Crippen LogP contribution is -2.58. The summed E-state index contributed by atoms with van der Waals surface area (Å²) in [5.74, 6) is -0.114. The number of nitrogen functional groups attached to an aromatic ring is 1. The first-order chi connectivity index (χ1) is 21.1. The first-order valence-corrected chi connectivity index (χ1v) is 15.1. The first-order valence-electron chi connectivity index (χ1n) is 14.7. The number of amides is 1. The third-order valence-electron chi connectivity index (χ3n) is 8.63. The van der Waals surface area contributed by atoms with Crippen molar-refractivity contribution in [3.05, 3.63) is 47.3 Å². The SMILES string of the molecule is C=CC(=O)N1C[C@H](C)N(c2nc(OCCN3CCC(F)C3)nc3c(F)c(-c4c(C)ccc5[nH]nc(N)c45)c(Cl)cc23)C[C@H]1C. The van der Waals surface area contributed by atoms with Gasteiger partial charge in [-0.1, -0.05) is 24.2 Å². The number of alkyl halides is 1. The number of ether oxygens (including phenoxy) is 1. The molecule has 2 fully saturated rings. The summed E-state index contributed by atoms with van der Waals surface area (Å²) in [6.45, 7) is 12.0. The number of nitrogens with zero attached hydrogens (tertiary/aromatic N) is 6. The molecule has 1 unspecified atom stereocenters. The van der Waals surface area contributed by atoms with Crippen LogP contribution < -0.4 is 15.4 Å². The quantitative estimate of drug-likeness (QED) is 0.279. The highest BCUT2D eigenvalue weighted by Gasteiger charge is 2.34. The van der Waals surface area contributed by atoms with Gasteiger partial charge in [0, 0.05) is 61.3 Å². The van der Waals surface area contributed by atoms with Gasteiger partial charge in [-0.2, -0.15) is 15.1 Å². The van der Waals surface area contributed by atoms with Crippen LogP contribution in [0.5, 0.6) is 6.01 Å². The number of fused-ring (bicyclic) bond motifs is 2. The van der Waals surface area contributed by atoms with E-state index in [0.717, 1.165) is 5.56 Å². The van der Waals surface area contributed by atoms with E-state index in [0.29, 0.717) is 66.8 Å². The van der Waals surface area contributed by atoms with Crippen LogP contribution in [0.15, 0.2) is 30.9 Å². The van der Waals surface area contributed by atoms with E-state index in [4.69, 9.17) is 27.1 Å². The Morgan fingerprint density at radius 1 is 1.23 bits per heavy atom. The van der Waals surface area contributed by atoms with Crippen molar-refractivity contribution in [1.29, 1.82) is 0 Å². The Morgan fingerprint density at radius 3 is 2.75 bits per heavy atom. The summed E-state index contributed by atoms with van der Waals surface area (Å²) in [7, 11) is 0. The maximum absolute atomic E-state index is 16.9. The maximum Gasteiger partial charge on any atom is 0.319 e. The van der Waals surface area contributed by atoms with E-state index in [1.165, 1.54) is 6.08 Å². The van der Waals surface area contributed by atoms with Crippen LogP contribution in [0.25, 0.3) is 32.9 Å². The van der Waals surface area contributed by atoms with Crippen molar-refractivity contribution in [3.63, 3.8) is 0 Å². The number of rotatable bonds is 7. The lowest BCUT2D eigenvalue weighted by molar-refractivity contribution is -0.128. The van der Waals surface area contributed by atoms with E-state index in [1.54, 1.807) is 11.0 Å². The van der Waals surface area contributed by atoms with E-state index in [-0.39, 0.29) is 52.5 Å². The Bertz CT molecular complexity index is 1760. The van der Waals surface area contributed by atoms with Gasteiger partial charge in [0.2, 0.25) is 5.91 Å². The molecule has 0 saturated carbocycles. The number of halogens is 3. The first kappa shape index (κ1) is 30.0. The Hall–Kier alpha value is -4.03. The molecule has 10 nitrogen and oxygen atoms in total. The van der Waals surface area contributed by atoms with Crippen LogP contribution in [0.1, 0.15) is 25.8 Å². The number of carbonyl (C=O) groups is 1. The van der Waals surface area contributed by atoms with E-state index in [9.17, 15) is 9.18 Å². The molecule has 4 heterocycles. The van der Waals surface area contributed by atoms with E-state index < -0.39 is 12.0 Å². The lowest BCUT2D eigenvalue weighted by Gasteiger charge is -2.44. The standard InChI is InChI=1S/C31H35ClF2N8O2/c1-5-23(43)41-13-18(4)42(14-17(41)3)30-20-12-21(32)25(24-16(2)6-7-22-26(24)29(35)39-38-22)27(34)28(20)36-31(37-30)44-11-10-40-9-8-19(33)15-40/h5-7,12,17-19H,1,8-11,13-15H2,2-4H3,(H3,35,38,39)/t17-,18+,19?/m1/s1. The number of likely N-dealkylation sites (tertiary alicyclic amines) is 1. The number of aryl methyl sites for hydroxylation is 1. The molecule has 2 aliphatic heterocycles. The van der Waals surface area contributed by atoms with E-state index in [2.05, 4.69) is 21.8 Å². The van der Waals surface area contributed by atoms with Crippen molar-refractivity contribution >= 4 is 50.9 Å². The molecule has 2 aromatic carbocycles. The van der Waals surface area contributed by atoms with Crippen LogP contribution >= 0.6 is 11.6 Å². The van der Waals surface area contributed by atoms with Gasteiger partial charge in [0.1, 0.15) is 24.1 Å². The predicted octanol–water partition coefficient (Wildman–Crippen LogP) is 4.89. The molecule has 3 N–H and O–H groups in total. The fourth-order valence-corrected chi connectivity index (χ4v) is 6.62. The molecular weight excluding hydrogens is 590 g/mol. The highest BCUT2D eigenvalue weighted by Crippen LogP contribution is 2.43. The van der Waals surface area contributed by atoms with Crippen molar-refractivity contribution in [3.8, 4) is 17.1 Å². The van der Waals surface area contributed by atoms with Crippen molar-refractivity contribution in [2.45, 2.75) is 45.4 Å². The van der Waals surface area contributed by atoms with Crippen LogP contribution in [-0.2, 0) is 4.79 Å². The zero-order valence-electron chi connectivity index (χ0n) is 24.9. The number of carbonyl (C=O) groups excluding carboxylic acids is 1. The number of piperazine rings is 1. The number of nitrogens with one attached hydrogen (secondary N) is 1. The highest BCUT2D eigenvalue weighted by molar-refractivity contribution is 6.35. The molecule has 44 heavy (non-hydrogen) atoms. The molecule has 2 aliphatic rings. The Labute approximate surface area is 258 Å². The molecule has 2 saturated heterocycles. The molecule has 0 radical (unpaired) electrons. The summed E-state index contributed by atoms with van der Waals surface area (Å²) in [5, 5.41) is 8.15. The van der Waals surface area contributed by atoms with Crippen LogP contribution in [0, 0.1) is 12.7 Å². The minimum absolute atomic E-state index is 0.00197. The second-order valence-corrected chi connectivity index (χ2v) is 12.0. The molecular formula is C31H35ClF2N8O2. The number of hydrogen-bond acceptors (Lipinski definition) is 8. The van der Waals surface area contributed by atoms with Gasteiger partial charge < -0.3 is 20.3 Å². The number of nitrogens with two attached hydrogens (primary N) is 1. The van der Waals surface area contributed by atoms with Crippen LogP contribution in [0.4, 0.5) is 20.4 Å². The number of aromatic amines is 1. The zero-order chi connectivity index (χ0) is 31.3. The average Bonchev–Trinajstić information content (AvgIpc) is 3.59. The normalized spacial score (nSPS) is 21.0. The van der Waals surface area contributed by atoms with Gasteiger partial charge in [-0.25, -0.2) is 8.78 Å². The molecule has 6 rings (SSSR count). The molecule has 0 bridgehead atoms. The molecule has 0 aliphatic carbocycles. The largest absolute Gasteiger partial charge is 0.462 e. The lowest BCUT2D eigenvalue weighted by atomic mass is 9.94. The van der Waals surface area contributed by atoms with Gasteiger partial charge in [0.25, 0.3) is 0 Å². The summed E-state index contributed by atoms with van der Waals surface area (Å²) in [4.78, 5) is 27.6. The summed E-state index contributed by atoms with van der Waals surface area (Å²) < 4.78 is 36.5. The molecule has 232 valence electrons. The molecule has 4 aromatic rings.